The number of benzene rings is 2. The number of halogens is 3. The predicted octanol–water partition coefficient (Wildman–Crippen LogP) is 4.42. The lowest BCUT2D eigenvalue weighted by molar-refractivity contribution is 0.102. The number of ketones is 1. The maximum absolute atomic E-state index is 15.1. The van der Waals surface area contributed by atoms with E-state index in [-0.39, 0.29) is 34.5 Å². The third kappa shape index (κ3) is 4.31. The molecule has 2 heterocycles. The smallest absolute Gasteiger partial charge is 0.232 e. The van der Waals surface area contributed by atoms with E-state index in [4.69, 9.17) is 0 Å². The molecule has 2 aromatic carbocycles. The zero-order valence-electron chi connectivity index (χ0n) is 17.2. The number of anilines is 1. The van der Waals surface area contributed by atoms with E-state index in [2.05, 4.69) is 15.2 Å². The van der Waals surface area contributed by atoms with E-state index >= 15 is 4.39 Å². The fraction of sp³-hybridized carbons (Fsp3) is 0.136. The van der Waals surface area contributed by atoms with Crippen molar-refractivity contribution in [3.8, 4) is 11.1 Å². The summed E-state index contributed by atoms with van der Waals surface area (Å²) < 4.78 is 69.8. The van der Waals surface area contributed by atoms with Crippen LogP contribution in [0.5, 0.6) is 0 Å². The van der Waals surface area contributed by atoms with Crippen LogP contribution in [0, 0.1) is 17.5 Å². The predicted molar refractivity (Wildman–Crippen MR) is 117 cm³/mol. The average Bonchev–Trinajstić information content (AvgIpc) is 3.19. The van der Waals surface area contributed by atoms with E-state index < -0.39 is 44.5 Å². The topological polar surface area (TPSA) is 105 Å². The van der Waals surface area contributed by atoms with Gasteiger partial charge in [-0.2, -0.15) is 5.10 Å². The first-order valence-electron chi connectivity index (χ1n) is 9.84. The molecule has 2 aromatic heterocycles. The lowest BCUT2D eigenvalue weighted by atomic mass is 10.0. The van der Waals surface area contributed by atoms with Crippen LogP contribution in [-0.2, 0) is 10.0 Å². The van der Waals surface area contributed by atoms with Crippen molar-refractivity contribution in [3.63, 3.8) is 0 Å². The largest absolute Gasteiger partial charge is 0.287 e. The Kier molecular flexibility index (Phi) is 5.90. The number of rotatable bonds is 7. The van der Waals surface area contributed by atoms with Crippen LogP contribution in [0.25, 0.3) is 22.2 Å². The molecule has 0 aliphatic rings. The van der Waals surface area contributed by atoms with Crippen LogP contribution in [-0.4, -0.2) is 35.1 Å². The molecule has 4 aromatic rings. The number of aromatic amines is 1. The number of carbonyl (C=O) groups is 1. The minimum absolute atomic E-state index is 0.0825. The zero-order valence-corrected chi connectivity index (χ0v) is 18.0. The number of nitrogens with one attached hydrogen (secondary N) is 2. The number of nitrogens with zero attached hydrogens (tertiary/aromatic N) is 2. The number of aromatic nitrogens is 3. The monoisotopic (exact) mass is 474 g/mol. The van der Waals surface area contributed by atoms with Gasteiger partial charge in [0.15, 0.2) is 11.5 Å². The molecule has 0 radical (unpaired) electrons. The minimum atomic E-state index is -3.88. The van der Waals surface area contributed by atoms with Gasteiger partial charge in [0.2, 0.25) is 15.8 Å². The van der Waals surface area contributed by atoms with Crippen molar-refractivity contribution in [2.45, 2.75) is 13.3 Å². The van der Waals surface area contributed by atoms with Gasteiger partial charge in [0.05, 0.1) is 22.4 Å². The normalized spacial score (nSPS) is 11.6. The average molecular weight is 474 g/mol. The second-order valence-corrected chi connectivity index (χ2v) is 9.05. The van der Waals surface area contributed by atoms with Crippen molar-refractivity contribution in [2.24, 2.45) is 0 Å². The third-order valence-electron chi connectivity index (χ3n) is 4.88. The van der Waals surface area contributed by atoms with E-state index in [9.17, 15) is 22.0 Å². The highest BCUT2D eigenvalue weighted by molar-refractivity contribution is 7.92. The van der Waals surface area contributed by atoms with E-state index in [0.29, 0.717) is 5.56 Å². The maximum Gasteiger partial charge on any atom is 0.232 e. The molecule has 0 aliphatic carbocycles. The van der Waals surface area contributed by atoms with Crippen LogP contribution in [0.4, 0.5) is 18.9 Å². The summed E-state index contributed by atoms with van der Waals surface area (Å²) in [5.41, 5.74) is -1.16. The van der Waals surface area contributed by atoms with Crippen LogP contribution in [0.2, 0.25) is 0 Å². The summed E-state index contributed by atoms with van der Waals surface area (Å²) in [4.78, 5) is 17.2. The quantitative estimate of drug-likeness (QED) is 0.386. The second kappa shape index (κ2) is 8.66. The van der Waals surface area contributed by atoms with Gasteiger partial charge >= 0.3 is 0 Å². The first-order chi connectivity index (χ1) is 15.7. The van der Waals surface area contributed by atoms with Crippen molar-refractivity contribution >= 4 is 32.5 Å². The second-order valence-electron chi connectivity index (χ2n) is 7.21. The van der Waals surface area contributed by atoms with Gasteiger partial charge in [0.25, 0.3) is 0 Å². The van der Waals surface area contributed by atoms with Gasteiger partial charge in [-0.1, -0.05) is 25.1 Å². The molecule has 0 amide bonds. The Hall–Kier alpha value is -3.73. The van der Waals surface area contributed by atoms with Gasteiger partial charge in [-0.25, -0.2) is 26.6 Å². The molecule has 7 nitrogen and oxygen atoms in total. The molecule has 2 N–H and O–H groups in total. The molecule has 0 saturated heterocycles. The van der Waals surface area contributed by atoms with Gasteiger partial charge in [0, 0.05) is 17.3 Å². The number of fused-ring (bicyclic) bond motifs is 1. The van der Waals surface area contributed by atoms with Crippen LogP contribution in [0.3, 0.4) is 0 Å². The maximum atomic E-state index is 15.1. The first kappa shape index (κ1) is 22.5. The highest BCUT2D eigenvalue weighted by atomic mass is 32.2. The Morgan fingerprint density at radius 1 is 1.09 bits per heavy atom. The van der Waals surface area contributed by atoms with Crippen molar-refractivity contribution in [3.05, 3.63) is 77.4 Å². The summed E-state index contributed by atoms with van der Waals surface area (Å²) in [5.74, 6) is -4.43. The van der Waals surface area contributed by atoms with Gasteiger partial charge in [0.1, 0.15) is 17.3 Å². The summed E-state index contributed by atoms with van der Waals surface area (Å²) in [6, 6.07) is 9.05. The van der Waals surface area contributed by atoms with E-state index in [1.807, 2.05) is 4.72 Å². The number of sulfonamides is 1. The number of pyridine rings is 1. The molecular formula is C22H17F3N4O3S. The Bertz CT molecular complexity index is 1490. The number of hydrogen-bond donors (Lipinski definition) is 2. The fourth-order valence-electron chi connectivity index (χ4n) is 3.37. The molecule has 11 heteroatoms. The Labute approximate surface area is 186 Å². The molecule has 0 unspecified atom stereocenters. The van der Waals surface area contributed by atoms with Crippen molar-refractivity contribution < 1.29 is 26.4 Å². The molecule has 33 heavy (non-hydrogen) atoms. The van der Waals surface area contributed by atoms with Gasteiger partial charge in [-0.05, 0) is 30.7 Å². The highest BCUT2D eigenvalue weighted by Crippen LogP contribution is 2.29. The van der Waals surface area contributed by atoms with Crippen LogP contribution in [0.1, 0.15) is 29.4 Å². The molecule has 0 aliphatic heterocycles. The van der Waals surface area contributed by atoms with E-state index in [1.165, 1.54) is 30.5 Å². The van der Waals surface area contributed by atoms with Crippen molar-refractivity contribution in [2.75, 3.05) is 10.5 Å². The summed E-state index contributed by atoms with van der Waals surface area (Å²) in [7, 11) is -3.88. The number of H-pyrrole nitrogens is 1. The lowest BCUT2D eigenvalue weighted by Crippen LogP contribution is -2.18. The summed E-state index contributed by atoms with van der Waals surface area (Å²) in [6.07, 6.45) is 1.64. The van der Waals surface area contributed by atoms with E-state index in [0.717, 1.165) is 12.1 Å². The first-order valence-corrected chi connectivity index (χ1v) is 11.5. The van der Waals surface area contributed by atoms with Gasteiger partial charge in [-0.15, -0.1) is 0 Å². The minimum Gasteiger partial charge on any atom is -0.287 e. The number of hydrogen-bond acceptors (Lipinski definition) is 5. The molecule has 0 atom stereocenters. The van der Waals surface area contributed by atoms with E-state index in [1.54, 1.807) is 13.0 Å². The molecular weight excluding hydrogens is 457 g/mol. The SMILES string of the molecule is CCCS(=O)(=O)Nc1ccc(F)c(C(=O)c2[nH]nc3ncc(-c4ccccc4F)cc23)c1F. The Morgan fingerprint density at radius 3 is 2.58 bits per heavy atom. The summed E-state index contributed by atoms with van der Waals surface area (Å²) >= 11 is 0. The van der Waals surface area contributed by atoms with Crippen LogP contribution < -0.4 is 4.72 Å². The van der Waals surface area contributed by atoms with Crippen molar-refractivity contribution in [1.29, 1.82) is 0 Å². The van der Waals surface area contributed by atoms with Crippen LogP contribution >= 0.6 is 0 Å². The highest BCUT2D eigenvalue weighted by Gasteiger charge is 2.26. The van der Waals surface area contributed by atoms with Gasteiger partial charge in [-0.3, -0.25) is 14.6 Å². The van der Waals surface area contributed by atoms with Crippen molar-refractivity contribution in [1.82, 2.24) is 15.2 Å². The lowest BCUT2D eigenvalue weighted by Gasteiger charge is -2.11. The molecule has 0 spiro atoms. The number of carbonyl (C=O) groups excluding carboxylic acids is 1. The zero-order chi connectivity index (χ0) is 23.8. The molecule has 0 bridgehead atoms. The Morgan fingerprint density at radius 2 is 1.85 bits per heavy atom. The summed E-state index contributed by atoms with van der Waals surface area (Å²) in [5, 5.41) is 6.42. The molecule has 0 fully saturated rings. The fourth-order valence-corrected chi connectivity index (χ4v) is 4.50. The van der Waals surface area contributed by atoms with Gasteiger partial charge < -0.3 is 0 Å². The Balaban J connectivity index is 1.80. The third-order valence-corrected chi connectivity index (χ3v) is 6.35. The molecule has 4 rings (SSSR count). The molecule has 170 valence electrons. The van der Waals surface area contributed by atoms with Crippen LogP contribution in [0.15, 0.2) is 48.7 Å². The summed E-state index contributed by atoms with van der Waals surface area (Å²) in [6.45, 7) is 1.63. The standard InChI is InChI=1S/C22H17F3N4O3S/c1-2-9-33(31,32)29-17-8-7-16(24)18(19(17)25)21(30)20-14-10-12(11-26-22(14)28-27-20)13-5-3-4-6-15(13)23/h3-8,10-11,29H,2,9H2,1H3,(H,26,27,28). The molecule has 0 saturated carbocycles.